The highest BCUT2D eigenvalue weighted by Crippen LogP contribution is 2.38. The summed E-state index contributed by atoms with van der Waals surface area (Å²) in [6, 6.07) is 15.0. The second kappa shape index (κ2) is 22.9. The van der Waals surface area contributed by atoms with Gasteiger partial charge in [-0.1, -0.05) is 159 Å². The van der Waals surface area contributed by atoms with E-state index in [4.69, 9.17) is 13.9 Å². The molecule has 0 N–H and O–H groups in total. The average molecular weight is 716 g/mol. The zero-order valence-electron chi connectivity index (χ0n) is 30.7. The van der Waals surface area contributed by atoms with Gasteiger partial charge in [-0.15, -0.1) is 0 Å². The van der Waals surface area contributed by atoms with Gasteiger partial charge in [0.1, 0.15) is 0 Å². The van der Waals surface area contributed by atoms with Crippen molar-refractivity contribution >= 4 is 35.9 Å². The minimum atomic E-state index is -1.92. The summed E-state index contributed by atoms with van der Waals surface area (Å²) in [5.41, 5.74) is 3.46. The van der Waals surface area contributed by atoms with Crippen molar-refractivity contribution in [3.63, 3.8) is 0 Å². The van der Waals surface area contributed by atoms with Gasteiger partial charge in [0.05, 0.1) is 19.8 Å². The molecule has 3 nitrogen and oxygen atoms in total. The Morgan fingerprint density at radius 3 is 1.72 bits per heavy atom. The molecule has 260 valence electrons. The topological polar surface area (TPSA) is 27.7 Å². The van der Waals surface area contributed by atoms with Gasteiger partial charge >= 0.3 is 0 Å². The number of hydrogen-bond acceptors (Lipinski definition) is 3. The first-order valence-electron chi connectivity index (χ1n) is 18.6. The standard InChI is InChI=1S/C41H67BrO3Si/c1-8-10-12-14-16-18-20-22-29-43-39-28-27-35(32-40(39)44-30-23-21-19-17-15-13-11-9-2)31-37(36-25-24-26-38(42)33-36)34-45-46(6,7)41(3,4)5/h24-28,31-33H,8-23,29-30,34H2,1-7H3. The highest BCUT2D eigenvalue weighted by atomic mass is 79.9. The third-order valence-corrected chi connectivity index (χ3v) is 14.4. The summed E-state index contributed by atoms with van der Waals surface area (Å²) >= 11 is 3.68. The Morgan fingerprint density at radius 1 is 0.674 bits per heavy atom. The molecule has 2 aromatic carbocycles. The van der Waals surface area contributed by atoms with Gasteiger partial charge in [-0.2, -0.15) is 0 Å². The van der Waals surface area contributed by atoms with E-state index >= 15 is 0 Å². The van der Waals surface area contributed by atoms with Crippen LogP contribution in [0.5, 0.6) is 11.5 Å². The van der Waals surface area contributed by atoms with Gasteiger partial charge in [0.15, 0.2) is 19.8 Å². The van der Waals surface area contributed by atoms with E-state index in [0.717, 1.165) is 47.6 Å². The number of unbranched alkanes of at least 4 members (excludes halogenated alkanes) is 14. The van der Waals surface area contributed by atoms with Gasteiger partial charge in [0.25, 0.3) is 0 Å². The van der Waals surface area contributed by atoms with Gasteiger partial charge < -0.3 is 13.9 Å². The zero-order chi connectivity index (χ0) is 33.7. The van der Waals surface area contributed by atoms with Crippen molar-refractivity contribution < 1.29 is 13.9 Å². The molecule has 0 saturated carbocycles. The van der Waals surface area contributed by atoms with Crippen LogP contribution in [0.25, 0.3) is 11.6 Å². The molecule has 0 bridgehead atoms. The van der Waals surface area contributed by atoms with Gasteiger partial charge in [-0.25, -0.2) is 0 Å². The number of hydrogen-bond donors (Lipinski definition) is 0. The molecule has 0 fully saturated rings. The fourth-order valence-corrected chi connectivity index (χ4v) is 6.60. The second-order valence-electron chi connectivity index (χ2n) is 14.6. The molecular weight excluding hydrogens is 648 g/mol. The van der Waals surface area contributed by atoms with Gasteiger partial charge in [-0.3, -0.25) is 0 Å². The Labute approximate surface area is 293 Å². The fourth-order valence-electron chi connectivity index (χ4n) is 5.26. The summed E-state index contributed by atoms with van der Waals surface area (Å²) in [7, 11) is -1.92. The van der Waals surface area contributed by atoms with Crippen molar-refractivity contribution in [1.82, 2.24) is 0 Å². The van der Waals surface area contributed by atoms with Crippen molar-refractivity contribution in [2.75, 3.05) is 19.8 Å². The largest absolute Gasteiger partial charge is 0.490 e. The van der Waals surface area contributed by atoms with Crippen LogP contribution in [-0.2, 0) is 4.43 Å². The number of rotatable bonds is 25. The molecule has 0 saturated heterocycles. The molecule has 0 unspecified atom stereocenters. The molecule has 0 aromatic heterocycles. The van der Waals surface area contributed by atoms with Crippen molar-refractivity contribution in [2.45, 2.75) is 155 Å². The first-order valence-corrected chi connectivity index (χ1v) is 22.3. The van der Waals surface area contributed by atoms with Crippen LogP contribution >= 0.6 is 15.9 Å². The van der Waals surface area contributed by atoms with E-state index in [9.17, 15) is 0 Å². The lowest BCUT2D eigenvalue weighted by Crippen LogP contribution is -2.41. The summed E-state index contributed by atoms with van der Waals surface area (Å²) in [4.78, 5) is 0. The van der Waals surface area contributed by atoms with Crippen LogP contribution in [0.4, 0.5) is 0 Å². The van der Waals surface area contributed by atoms with E-state index in [-0.39, 0.29) is 5.04 Å². The Kier molecular flexibility index (Phi) is 20.2. The molecule has 0 aliphatic heterocycles. The lowest BCUT2D eigenvalue weighted by Gasteiger charge is -2.36. The molecule has 0 aliphatic carbocycles. The number of benzene rings is 2. The lowest BCUT2D eigenvalue weighted by molar-refractivity contribution is 0.258. The maximum atomic E-state index is 6.72. The summed E-state index contributed by atoms with van der Waals surface area (Å²) in [5, 5.41) is 0.153. The Morgan fingerprint density at radius 2 is 1.20 bits per heavy atom. The first-order chi connectivity index (χ1) is 22.1. The second-order valence-corrected chi connectivity index (χ2v) is 20.3. The van der Waals surface area contributed by atoms with Gasteiger partial charge in [-0.05, 0) is 78.0 Å². The molecule has 0 radical (unpaired) electrons. The third-order valence-electron chi connectivity index (χ3n) is 9.41. The summed E-state index contributed by atoms with van der Waals surface area (Å²) in [6.45, 7) is 18.1. The Hall–Kier alpha value is -1.56. The predicted octanol–water partition coefficient (Wildman–Crippen LogP) is 14.1. The summed E-state index contributed by atoms with van der Waals surface area (Å²) in [6.07, 6.45) is 23.0. The molecule has 2 aromatic rings. The van der Waals surface area contributed by atoms with Crippen LogP contribution in [0.2, 0.25) is 18.1 Å². The van der Waals surface area contributed by atoms with E-state index in [2.05, 4.69) is 112 Å². The smallest absolute Gasteiger partial charge is 0.192 e. The van der Waals surface area contributed by atoms with E-state index in [0.29, 0.717) is 6.61 Å². The predicted molar refractivity (Wildman–Crippen MR) is 208 cm³/mol. The molecule has 5 heteroatoms. The lowest BCUT2D eigenvalue weighted by atomic mass is 10.0. The van der Waals surface area contributed by atoms with E-state index in [1.54, 1.807) is 0 Å². The van der Waals surface area contributed by atoms with Gasteiger partial charge in [0.2, 0.25) is 0 Å². The molecule has 0 aliphatic rings. The monoisotopic (exact) mass is 714 g/mol. The van der Waals surface area contributed by atoms with Crippen molar-refractivity contribution in [2.24, 2.45) is 0 Å². The van der Waals surface area contributed by atoms with Crippen LogP contribution in [-0.4, -0.2) is 28.1 Å². The van der Waals surface area contributed by atoms with Crippen LogP contribution < -0.4 is 9.47 Å². The van der Waals surface area contributed by atoms with Crippen LogP contribution in [0.1, 0.15) is 148 Å². The van der Waals surface area contributed by atoms with Crippen molar-refractivity contribution in [1.29, 1.82) is 0 Å². The Bertz CT molecular complexity index is 1120. The molecule has 0 amide bonds. The van der Waals surface area contributed by atoms with Crippen LogP contribution in [0.3, 0.4) is 0 Å². The van der Waals surface area contributed by atoms with E-state index in [1.807, 2.05) is 0 Å². The maximum Gasteiger partial charge on any atom is 0.192 e. The first kappa shape index (κ1) is 40.6. The number of ether oxygens (including phenoxy) is 2. The third kappa shape index (κ3) is 16.5. The van der Waals surface area contributed by atoms with Crippen LogP contribution in [0.15, 0.2) is 46.9 Å². The highest BCUT2D eigenvalue weighted by Gasteiger charge is 2.37. The van der Waals surface area contributed by atoms with E-state index < -0.39 is 8.32 Å². The molecule has 0 atom stereocenters. The Balaban J connectivity index is 2.15. The van der Waals surface area contributed by atoms with Gasteiger partial charge in [0, 0.05) is 4.47 Å². The zero-order valence-corrected chi connectivity index (χ0v) is 33.2. The SMILES string of the molecule is CCCCCCCCCCOc1ccc(C=C(CO[Si](C)(C)C(C)(C)C)c2cccc(Br)c2)cc1OCCCCCCCCCC. The fraction of sp³-hybridized carbons (Fsp3) is 0.659. The van der Waals surface area contributed by atoms with Crippen molar-refractivity contribution in [3.8, 4) is 11.5 Å². The molecule has 0 spiro atoms. The molecular formula is C41H67BrO3Si. The van der Waals surface area contributed by atoms with Crippen LogP contribution in [0, 0.1) is 0 Å². The van der Waals surface area contributed by atoms with E-state index in [1.165, 1.54) is 101 Å². The molecule has 46 heavy (non-hydrogen) atoms. The average Bonchev–Trinajstić information content (AvgIpc) is 3.01. The molecule has 2 rings (SSSR count). The minimum absolute atomic E-state index is 0.153. The quantitative estimate of drug-likeness (QED) is 0.0582. The minimum Gasteiger partial charge on any atom is -0.490 e. The van der Waals surface area contributed by atoms with Crippen molar-refractivity contribution in [3.05, 3.63) is 58.1 Å². The molecule has 0 heterocycles. The number of halogens is 1. The summed E-state index contributed by atoms with van der Waals surface area (Å²) in [5.74, 6) is 1.72. The normalized spacial score (nSPS) is 12.5. The maximum absolute atomic E-state index is 6.72. The highest BCUT2D eigenvalue weighted by molar-refractivity contribution is 9.10. The summed E-state index contributed by atoms with van der Waals surface area (Å²) < 4.78 is 20.6.